The first-order valence-electron chi connectivity index (χ1n) is 8.77. The molecule has 0 unspecified atom stereocenters. The molecule has 7 nitrogen and oxygen atoms in total. The molecule has 142 valence electrons. The van der Waals surface area contributed by atoms with Gasteiger partial charge in [-0.3, -0.25) is 9.36 Å². The van der Waals surface area contributed by atoms with E-state index in [0.29, 0.717) is 28.1 Å². The Kier molecular flexibility index (Phi) is 4.41. The predicted octanol–water partition coefficient (Wildman–Crippen LogP) is 4.44. The second-order valence-electron chi connectivity index (χ2n) is 8.48. The topological polar surface area (TPSA) is 89.9 Å². The third kappa shape index (κ3) is 3.77. The summed E-state index contributed by atoms with van der Waals surface area (Å²) in [7, 11) is 0. The highest BCUT2D eigenvalue weighted by atomic mass is 16.6. The van der Waals surface area contributed by atoms with Crippen molar-refractivity contribution in [2.45, 2.75) is 47.1 Å². The van der Waals surface area contributed by atoms with Crippen LogP contribution in [-0.2, 0) is 4.74 Å². The SMILES string of the molecule is CC(C)(C)OC(=O)n1cccc1-c1cnc2[nH]cc(C(=O)C(C)(C)C)c2n1. The molecule has 7 heteroatoms. The van der Waals surface area contributed by atoms with Gasteiger partial charge in [-0.15, -0.1) is 0 Å². The van der Waals surface area contributed by atoms with Crippen molar-refractivity contribution in [3.63, 3.8) is 0 Å². The second-order valence-corrected chi connectivity index (χ2v) is 8.48. The number of carbonyl (C=O) groups excluding carboxylic acids is 2. The summed E-state index contributed by atoms with van der Waals surface area (Å²) in [6.45, 7) is 11.0. The van der Waals surface area contributed by atoms with Crippen LogP contribution in [0, 0.1) is 5.41 Å². The molecule has 27 heavy (non-hydrogen) atoms. The fraction of sp³-hybridized carbons (Fsp3) is 0.400. The van der Waals surface area contributed by atoms with Gasteiger partial charge in [-0.05, 0) is 32.9 Å². The number of nitrogens with zero attached hydrogens (tertiary/aromatic N) is 3. The quantitative estimate of drug-likeness (QED) is 0.676. The number of aromatic nitrogens is 4. The van der Waals surface area contributed by atoms with Gasteiger partial charge in [-0.25, -0.2) is 14.8 Å². The zero-order chi connectivity index (χ0) is 20.0. The van der Waals surface area contributed by atoms with Gasteiger partial charge in [0.2, 0.25) is 0 Å². The van der Waals surface area contributed by atoms with Crippen LogP contribution in [0.15, 0.2) is 30.7 Å². The number of H-pyrrole nitrogens is 1. The Hall–Kier alpha value is -2.96. The first-order chi connectivity index (χ1) is 12.5. The van der Waals surface area contributed by atoms with Crippen molar-refractivity contribution in [2.75, 3.05) is 0 Å². The molecule has 0 saturated carbocycles. The molecule has 3 aromatic heterocycles. The molecule has 0 atom stereocenters. The van der Waals surface area contributed by atoms with Crippen molar-refractivity contribution in [2.24, 2.45) is 5.41 Å². The highest BCUT2D eigenvalue weighted by Crippen LogP contribution is 2.27. The predicted molar refractivity (Wildman–Crippen MR) is 103 cm³/mol. The third-order valence-electron chi connectivity index (χ3n) is 3.91. The van der Waals surface area contributed by atoms with Crippen LogP contribution in [0.2, 0.25) is 0 Å². The van der Waals surface area contributed by atoms with Gasteiger partial charge in [0, 0.05) is 17.8 Å². The van der Waals surface area contributed by atoms with Gasteiger partial charge < -0.3 is 9.72 Å². The summed E-state index contributed by atoms with van der Waals surface area (Å²) in [6.07, 6.45) is 4.33. The van der Waals surface area contributed by atoms with Gasteiger partial charge in [0.15, 0.2) is 11.4 Å². The molecule has 0 amide bonds. The average Bonchev–Trinajstić information content (AvgIpc) is 3.18. The highest BCUT2D eigenvalue weighted by Gasteiger charge is 2.27. The standard InChI is InChI=1S/C20H24N4O3/c1-19(2,3)16(25)12-10-21-17-15(12)23-13(11-22-17)14-8-7-9-24(14)18(26)27-20(4,5)6/h7-11H,1-6H3,(H,21,22). The number of nitrogens with one attached hydrogen (secondary N) is 1. The minimum absolute atomic E-state index is 0.0253. The van der Waals surface area contributed by atoms with Crippen molar-refractivity contribution in [3.8, 4) is 11.4 Å². The average molecular weight is 368 g/mol. The molecule has 0 aliphatic rings. The van der Waals surface area contributed by atoms with Crippen molar-refractivity contribution in [3.05, 3.63) is 36.3 Å². The number of fused-ring (bicyclic) bond motifs is 1. The van der Waals surface area contributed by atoms with E-state index < -0.39 is 17.1 Å². The molecular weight excluding hydrogens is 344 g/mol. The molecule has 1 N–H and O–H groups in total. The van der Waals surface area contributed by atoms with Crippen LogP contribution in [0.1, 0.15) is 51.9 Å². The Balaban J connectivity index is 2.06. The normalized spacial score (nSPS) is 12.4. The van der Waals surface area contributed by atoms with Crippen molar-refractivity contribution in [1.29, 1.82) is 0 Å². The van der Waals surface area contributed by atoms with Crippen molar-refractivity contribution < 1.29 is 14.3 Å². The minimum Gasteiger partial charge on any atom is -0.443 e. The number of rotatable bonds is 2. The van der Waals surface area contributed by atoms with Crippen LogP contribution in [0.25, 0.3) is 22.6 Å². The van der Waals surface area contributed by atoms with Crippen LogP contribution in [0.5, 0.6) is 0 Å². The van der Waals surface area contributed by atoms with E-state index in [-0.39, 0.29) is 5.78 Å². The summed E-state index contributed by atoms with van der Waals surface area (Å²) in [5.41, 5.74) is 1.40. The Morgan fingerprint density at radius 1 is 1.15 bits per heavy atom. The van der Waals surface area contributed by atoms with E-state index in [1.165, 1.54) is 4.57 Å². The summed E-state index contributed by atoms with van der Waals surface area (Å²) in [5.74, 6) is -0.0253. The largest absolute Gasteiger partial charge is 0.443 e. The van der Waals surface area contributed by atoms with Gasteiger partial charge >= 0.3 is 6.09 Å². The molecule has 3 aromatic rings. The van der Waals surface area contributed by atoms with Crippen LogP contribution < -0.4 is 0 Å². The first kappa shape index (κ1) is 18.8. The minimum atomic E-state index is -0.610. The van der Waals surface area contributed by atoms with E-state index in [1.54, 1.807) is 30.7 Å². The molecule has 0 bridgehead atoms. The summed E-state index contributed by atoms with van der Waals surface area (Å²) in [6, 6.07) is 3.50. The number of ether oxygens (including phenoxy) is 1. The number of carbonyl (C=O) groups is 2. The molecule has 0 aliphatic heterocycles. The smallest absolute Gasteiger partial charge is 0.419 e. The molecular formula is C20H24N4O3. The Bertz CT molecular complexity index is 1020. The fourth-order valence-corrected chi connectivity index (χ4v) is 2.65. The van der Waals surface area contributed by atoms with Gasteiger partial charge in [0.05, 0.1) is 17.5 Å². The van der Waals surface area contributed by atoms with Gasteiger partial charge in [0.25, 0.3) is 0 Å². The molecule has 3 heterocycles. The van der Waals surface area contributed by atoms with E-state index in [4.69, 9.17) is 4.74 Å². The maximum Gasteiger partial charge on any atom is 0.419 e. The van der Waals surface area contributed by atoms with Crippen LogP contribution >= 0.6 is 0 Å². The molecule has 0 fully saturated rings. The van der Waals surface area contributed by atoms with Crippen LogP contribution in [0.3, 0.4) is 0 Å². The van der Waals surface area contributed by atoms with E-state index >= 15 is 0 Å². The molecule has 3 rings (SSSR count). The van der Waals surface area contributed by atoms with Crippen molar-refractivity contribution in [1.82, 2.24) is 19.5 Å². The lowest BCUT2D eigenvalue weighted by Crippen LogP contribution is -2.27. The lowest BCUT2D eigenvalue weighted by molar-refractivity contribution is 0.0540. The Labute approximate surface area is 157 Å². The summed E-state index contributed by atoms with van der Waals surface area (Å²) in [5, 5.41) is 0. The van der Waals surface area contributed by atoms with E-state index in [1.807, 2.05) is 41.5 Å². The summed E-state index contributed by atoms with van der Waals surface area (Å²) >= 11 is 0. The first-order valence-corrected chi connectivity index (χ1v) is 8.77. The van der Waals surface area contributed by atoms with E-state index in [0.717, 1.165) is 0 Å². The van der Waals surface area contributed by atoms with E-state index in [2.05, 4.69) is 15.0 Å². The Morgan fingerprint density at radius 3 is 2.48 bits per heavy atom. The second kappa shape index (κ2) is 6.33. The summed E-state index contributed by atoms with van der Waals surface area (Å²) < 4.78 is 6.83. The monoisotopic (exact) mass is 368 g/mol. The lowest BCUT2D eigenvalue weighted by atomic mass is 9.87. The maximum absolute atomic E-state index is 12.7. The van der Waals surface area contributed by atoms with Gasteiger partial charge in [-0.2, -0.15) is 0 Å². The number of ketones is 1. The number of hydrogen-bond acceptors (Lipinski definition) is 5. The van der Waals surface area contributed by atoms with Crippen LogP contribution in [0.4, 0.5) is 4.79 Å². The van der Waals surface area contributed by atoms with E-state index in [9.17, 15) is 9.59 Å². The highest BCUT2D eigenvalue weighted by molar-refractivity contribution is 6.08. The maximum atomic E-state index is 12.7. The lowest BCUT2D eigenvalue weighted by Gasteiger charge is -2.20. The number of aromatic amines is 1. The third-order valence-corrected chi connectivity index (χ3v) is 3.91. The zero-order valence-corrected chi connectivity index (χ0v) is 16.5. The summed E-state index contributed by atoms with van der Waals surface area (Å²) in [4.78, 5) is 37.1. The number of Topliss-reactive ketones (excluding diaryl/α,β-unsaturated/α-hetero) is 1. The van der Waals surface area contributed by atoms with Gasteiger partial charge in [0.1, 0.15) is 16.8 Å². The Morgan fingerprint density at radius 2 is 1.85 bits per heavy atom. The molecule has 0 radical (unpaired) electrons. The fourth-order valence-electron chi connectivity index (χ4n) is 2.65. The zero-order valence-electron chi connectivity index (χ0n) is 16.5. The molecule has 0 saturated heterocycles. The molecule has 0 spiro atoms. The number of hydrogen-bond donors (Lipinski definition) is 1. The van der Waals surface area contributed by atoms with Crippen LogP contribution in [-0.4, -0.2) is 37.0 Å². The molecule has 0 aromatic carbocycles. The molecule has 0 aliphatic carbocycles. The van der Waals surface area contributed by atoms with Gasteiger partial charge in [-0.1, -0.05) is 20.8 Å². The van der Waals surface area contributed by atoms with Crippen molar-refractivity contribution >= 4 is 23.0 Å².